The molecule has 0 spiro atoms. The molecular formula is C16H23NO. The molecule has 0 heterocycles. The van der Waals surface area contributed by atoms with E-state index in [-0.39, 0.29) is 17.9 Å². The third kappa shape index (κ3) is 2.92. The average Bonchev–Trinajstić information content (AvgIpc) is 3.06. The highest BCUT2D eigenvalue weighted by molar-refractivity contribution is 5.81. The van der Waals surface area contributed by atoms with Crippen LogP contribution in [0.25, 0.3) is 0 Å². The first-order valence-corrected chi connectivity index (χ1v) is 6.89. The standard InChI is InChI=1S/C16H23NO/c1-10(2)13-5-7-14(8-6-13)12(4)17-16(18)15-9-11(15)3/h5-8,10-12,15H,9H2,1-4H3,(H,17,18)/t11-,12+,15+/m0/s1. The monoisotopic (exact) mass is 245 g/mol. The van der Waals surface area contributed by atoms with Crippen molar-refractivity contribution in [2.45, 2.75) is 46.1 Å². The second-order valence-corrected chi connectivity index (χ2v) is 5.87. The Morgan fingerprint density at radius 3 is 2.11 bits per heavy atom. The molecule has 1 N–H and O–H groups in total. The van der Waals surface area contributed by atoms with Crippen molar-refractivity contribution in [3.05, 3.63) is 35.4 Å². The minimum absolute atomic E-state index is 0.103. The van der Waals surface area contributed by atoms with E-state index < -0.39 is 0 Å². The summed E-state index contributed by atoms with van der Waals surface area (Å²) in [6.07, 6.45) is 1.05. The van der Waals surface area contributed by atoms with Crippen LogP contribution >= 0.6 is 0 Å². The van der Waals surface area contributed by atoms with E-state index in [0.29, 0.717) is 11.8 Å². The molecule has 1 aliphatic carbocycles. The van der Waals surface area contributed by atoms with E-state index in [1.807, 2.05) is 0 Å². The summed E-state index contributed by atoms with van der Waals surface area (Å²) in [5.74, 6) is 1.59. The first-order valence-electron chi connectivity index (χ1n) is 6.89. The predicted molar refractivity (Wildman–Crippen MR) is 74.4 cm³/mol. The fourth-order valence-electron chi connectivity index (χ4n) is 2.26. The SMILES string of the molecule is CC(C)c1ccc([C@@H](C)NC(=O)[C@@H]2C[C@@H]2C)cc1. The molecule has 0 aliphatic heterocycles. The van der Waals surface area contributed by atoms with Crippen molar-refractivity contribution in [3.8, 4) is 0 Å². The molecule has 1 aromatic rings. The van der Waals surface area contributed by atoms with Crippen molar-refractivity contribution in [1.82, 2.24) is 5.32 Å². The smallest absolute Gasteiger partial charge is 0.223 e. The Bertz CT molecular complexity index is 421. The molecule has 0 bridgehead atoms. The third-order valence-corrected chi connectivity index (χ3v) is 3.91. The summed E-state index contributed by atoms with van der Waals surface area (Å²) in [5.41, 5.74) is 2.52. The minimum Gasteiger partial charge on any atom is -0.349 e. The molecule has 2 nitrogen and oxygen atoms in total. The van der Waals surface area contributed by atoms with Crippen molar-refractivity contribution in [2.24, 2.45) is 11.8 Å². The number of nitrogens with one attached hydrogen (secondary N) is 1. The van der Waals surface area contributed by atoms with E-state index in [2.05, 4.69) is 57.3 Å². The Morgan fingerprint density at radius 2 is 1.67 bits per heavy atom. The van der Waals surface area contributed by atoms with E-state index in [0.717, 1.165) is 6.42 Å². The molecule has 0 radical (unpaired) electrons. The molecular weight excluding hydrogens is 222 g/mol. The lowest BCUT2D eigenvalue weighted by molar-refractivity contribution is -0.123. The highest BCUT2D eigenvalue weighted by Crippen LogP contribution is 2.38. The van der Waals surface area contributed by atoms with Gasteiger partial charge in [0.05, 0.1) is 6.04 Å². The van der Waals surface area contributed by atoms with Gasteiger partial charge in [0.15, 0.2) is 0 Å². The maximum absolute atomic E-state index is 11.9. The summed E-state index contributed by atoms with van der Waals surface area (Å²) in [6.45, 7) is 8.56. The van der Waals surface area contributed by atoms with Gasteiger partial charge in [-0.2, -0.15) is 0 Å². The lowest BCUT2D eigenvalue weighted by Gasteiger charge is -2.15. The van der Waals surface area contributed by atoms with Crippen LogP contribution in [0.2, 0.25) is 0 Å². The van der Waals surface area contributed by atoms with Crippen molar-refractivity contribution in [3.63, 3.8) is 0 Å². The summed E-state index contributed by atoms with van der Waals surface area (Å²) in [6, 6.07) is 8.66. The van der Waals surface area contributed by atoms with Gasteiger partial charge in [0.1, 0.15) is 0 Å². The quantitative estimate of drug-likeness (QED) is 0.862. The van der Waals surface area contributed by atoms with Crippen LogP contribution in [0.1, 0.15) is 57.2 Å². The molecule has 1 fully saturated rings. The molecule has 0 unspecified atom stereocenters. The number of carbonyl (C=O) groups excluding carboxylic acids is 1. The normalized spacial score (nSPS) is 23.8. The highest BCUT2D eigenvalue weighted by Gasteiger charge is 2.39. The van der Waals surface area contributed by atoms with Crippen molar-refractivity contribution < 1.29 is 4.79 Å². The van der Waals surface area contributed by atoms with Gasteiger partial charge in [-0.1, -0.05) is 45.0 Å². The second kappa shape index (κ2) is 5.13. The summed E-state index contributed by atoms with van der Waals surface area (Å²) in [7, 11) is 0. The van der Waals surface area contributed by atoms with Gasteiger partial charge >= 0.3 is 0 Å². The van der Waals surface area contributed by atoms with E-state index in [1.165, 1.54) is 11.1 Å². The van der Waals surface area contributed by atoms with Crippen LogP contribution in [0.4, 0.5) is 0 Å². The van der Waals surface area contributed by atoms with Crippen LogP contribution in [0.5, 0.6) is 0 Å². The fourth-order valence-corrected chi connectivity index (χ4v) is 2.26. The number of carbonyl (C=O) groups is 1. The van der Waals surface area contributed by atoms with E-state index in [1.54, 1.807) is 0 Å². The zero-order valence-corrected chi connectivity index (χ0v) is 11.7. The molecule has 0 saturated heterocycles. The molecule has 2 rings (SSSR count). The number of hydrogen-bond acceptors (Lipinski definition) is 1. The molecule has 1 amide bonds. The van der Waals surface area contributed by atoms with Gasteiger partial charge in [0, 0.05) is 5.92 Å². The topological polar surface area (TPSA) is 29.1 Å². The van der Waals surface area contributed by atoms with Gasteiger partial charge in [0.2, 0.25) is 5.91 Å². The fraction of sp³-hybridized carbons (Fsp3) is 0.562. The molecule has 1 aromatic carbocycles. The Kier molecular flexibility index (Phi) is 3.74. The number of benzene rings is 1. The number of amides is 1. The van der Waals surface area contributed by atoms with Crippen LogP contribution in [0, 0.1) is 11.8 Å². The molecule has 0 aromatic heterocycles. The van der Waals surface area contributed by atoms with Gasteiger partial charge in [-0.3, -0.25) is 4.79 Å². The van der Waals surface area contributed by atoms with E-state index in [9.17, 15) is 4.79 Å². The zero-order chi connectivity index (χ0) is 13.3. The van der Waals surface area contributed by atoms with E-state index >= 15 is 0 Å². The Balaban J connectivity index is 1.96. The molecule has 2 heteroatoms. The first-order chi connectivity index (χ1) is 8.49. The largest absolute Gasteiger partial charge is 0.349 e. The van der Waals surface area contributed by atoms with Gasteiger partial charge in [0.25, 0.3) is 0 Å². The zero-order valence-electron chi connectivity index (χ0n) is 11.7. The predicted octanol–water partition coefficient (Wildman–Crippen LogP) is 3.64. The van der Waals surface area contributed by atoms with E-state index in [4.69, 9.17) is 0 Å². The maximum Gasteiger partial charge on any atom is 0.223 e. The Hall–Kier alpha value is -1.31. The van der Waals surface area contributed by atoms with Gasteiger partial charge in [-0.05, 0) is 36.3 Å². The number of hydrogen-bond donors (Lipinski definition) is 1. The number of rotatable bonds is 4. The minimum atomic E-state index is 0.103. The maximum atomic E-state index is 11.9. The first kappa shape index (κ1) is 13.1. The summed E-state index contributed by atoms with van der Waals surface area (Å²) >= 11 is 0. The second-order valence-electron chi connectivity index (χ2n) is 5.87. The van der Waals surface area contributed by atoms with Crippen LogP contribution in [0.15, 0.2) is 24.3 Å². The molecule has 98 valence electrons. The van der Waals surface area contributed by atoms with Crippen LogP contribution in [0.3, 0.4) is 0 Å². The average molecular weight is 245 g/mol. The lowest BCUT2D eigenvalue weighted by atomic mass is 9.99. The van der Waals surface area contributed by atoms with Gasteiger partial charge < -0.3 is 5.32 Å². The van der Waals surface area contributed by atoms with Gasteiger partial charge in [-0.25, -0.2) is 0 Å². The summed E-state index contributed by atoms with van der Waals surface area (Å²) < 4.78 is 0. The molecule has 3 atom stereocenters. The van der Waals surface area contributed by atoms with Crippen LogP contribution < -0.4 is 5.32 Å². The van der Waals surface area contributed by atoms with Crippen molar-refractivity contribution >= 4 is 5.91 Å². The highest BCUT2D eigenvalue weighted by atomic mass is 16.2. The van der Waals surface area contributed by atoms with Crippen LogP contribution in [-0.2, 0) is 4.79 Å². The summed E-state index contributed by atoms with van der Waals surface area (Å²) in [5, 5.41) is 3.10. The van der Waals surface area contributed by atoms with Crippen molar-refractivity contribution in [1.29, 1.82) is 0 Å². The molecule has 1 aliphatic rings. The van der Waals surface area contributed by atoms with Crippen molar-refractivity contribution in [2.75, 3.05) is 0 Å². The Morgan fingerprint density at radius 1 is 1.17 bits per heavy atom. The van der Waals surface area contributed by atoms with Gasteiger partial charge in [-0.15, -0.1) is 0 Å². The Labute approximate surface area is 110 Å². The molecule has 1 saturated carbocycles. The van der Waals surface area contributed by atoms with Crippen LogP contribution in [-0.4, -0.2) is 5.91 Å². The third-order valence-electron chi connectivity index (χ3n) is 3.91. The lowest BCUT2D eigenvalue weighted by Crippen LogP contribution is -2.28. The molecule has 18 heavy (non-hydrogen) atoms. The summed E-state index contributed by atoms with van der Waals surface area (Å²) in [4.78, 5) is 11.9.